The quantitative estimate of drug-likeness (QED) is 0.850. The first-order chi connectivity index (χ1) is 9.22. The lowest BCUT2D eigenvalue weighted by Gasteiger charge is -2.17. The highest BCUT2D eigenvalue weighted by Gasteiger charge is 2.21. The summed E-state index contributed by atoms with van der Waals surface area (Å²) in [7, 11) is 0. The molecule has 1 aliphatic rings. The summed E-state index contributed by atoms with van der Waals surface area (Å²) in [4.78, 5) is 15.6. The molecule has 2 rings (SSSR count). The molecule has 1 aromatic rings. The first-order valence-corrected chi connectivity index (χ1v) is 7.45. The van der Waals surface area contributed by atoms with E-state index >= 15 is 0 Å². The summed E-state index contributed by atoms with van der Waals surface area (Å²) in [5.74, 6) is 2.64. The van der Waals surface area contributed by atoms with Crippen molar-refractivity contribution in [3.05, 3.63) is 11.6 Å². The highest BCUT2D eigenvalue weighted by molar-refractivity contribution is 5.18. The van der Waals surface area contributed by atoms with Gasteiger partial charge >= 0.3 is 0 Å². The molecule has 1 saturated carbocycles. The van der Waals surface area contributed by atoms with Crippen LogP contribution in [0.4, 0.5) is 5.95 Å². The lowest BCUT2D eigenvalue weighted by atomic mass is 10.1. The smallest absolute Gasteiger partial charge is 0.223 e. The molecule has 2 N–H and O–H groups in total. The monoisotopic (exact) mass is 263 g/mol. The summed E-state index contributed by atoms with van der Waals surface area (Å²) in [6.07, 6.45) is 5.81. The summed E-state index contributed by atoms with van der Waals surface area (Å²) in [6.45, 7) is 7.46. The van der Waals surface area contributed by atoms with E-state index in [-0.39, 0.29) is 0 Å². The molecule has 5 nitrogen and oxygen atoms in total. The van der Waals surface area contributed by atoms with Gasteiger partial charge in [-0.2, -0.15) is 9.97 Å². The van der Waals surface area contributed by atoms with Crippen molar-refractivity contribution in [3.8, 4) is 0 Å². The van der Waals surface area contributed by atoms with Crippen molar-refractivity contribution < 1.29 is 0 Å². The largest absolute Gasteiger partial charge is 0.368 e. The molecular formula is C14H25N5. The Morgan fingerprint density at radius 1 is 1.11 bits per heavy atom. The molecule has 1 aliphatic carbocycles. The first-order valence-electron chi connectivity index (χ1n) is 7.45. The van der Waals surface area contributed by atoms with Crippen molar-refractivity contribution in [1.29, 1.82) is 0 Å². The number of nitrogen functional groups attached to an aromatic ring is 1. The highest BCUT2D eigenvalue weighted by atomic mass is 15.1. The van der Waals surface area contributed by atoms with E-state index in [0.29, 0.717) is 11.9 Å². The van der Waals surface area contributed by atoms with Gasteiger partial charge in [0.25, 0.3) is 0 Å². The van der Waals surface area contributed by atoms with Crippen molar-refractivity contribution in [2.24, 2.45) is 0 Å². The number of nitrogens with two attached hydrogens (primary N) is 1. The predicted octanol–water partition coefficient (Wildman–Crippen LogP) is 2.00. The fourth-order valence-corrected chi connectivity index (χ4v) is 2.73. The van der Waals surface area contributed by atoms with Gasteiger partial charge in [0.05, 0.1) is 0 Å². The van der Waals surface area contributed by atoms with E-state index in [9.17, 15) is 0 Å². The van der Waals surface area contributed by atoms with Crippen LogP contribution in [0.15, 0.2) is 0 Å². The number of aromatic nitrogens is 3. The standard InChI is InChI=1S/C14H25N5/c1-3-19(4-2)10-9-12-16-13(18-14(15)17-12)11-7-5-6-8-11/h11H,3-10H2,1-2H3,(H2,15,16,17,18). The number of rotatable bonds is 6. The van der Waals surface area contributed by atoms with Gasteiger partial charge in [0.2, 0.25) is 5.95 Å². The zero-order valence-corrected chi connectivity index (χ0v) is 12.1. The number of nitrogens with zero attached hydrogens (tertiary/aromatic N) is 4. The number of hydrogen-bond donors (Lipinski definition) is 1. The summed E-state index contributed by atoms with van der Waals surface area (Å²) in [5.41, 5.74) is 5.82. The minimum absolute atomic E-state index is 0.381. The van der Waals surface area contributed by atoms with Gasteiger partial charge in [0, 0.05) is 18.9 Å². The zero-order chi connectivity index (χ0) is 13.7. The predicted molar refractivity (Wildman–Crippen MR) is 76.9 cm³/mol. The van der Waals surface area contributed by atoms with Crippen LogP contribution < -0.4 is 5.73 Å². The van der Waals surface area contributed by atoms with Crippen LogP contribution in [0.25, 0.3) is 0 Å². The van der Waals surface area contributed by atoms with Gasteiger partial charge in [-0.15, -0.1) is 0 Å². The van der Waals surface area contributed by atoms with E-state index in [0.717, 1.165) is 37.7 Å². The highest BCUT2D eigenvalue weighted by Crippen LogP contribution is 2.32. The molecule has 5 heteroatoms. The molecule has 0 spiro atoms. The van der Waals surface area contributed by atoms with Crippen molar-refractivity contribution in [3.63, 3.8) is 0 Å². The minimum Gasteiger partial charge on any atom is -0.368 e. The number of anilines is 1. The first kappa shape index (κ1) is 14.2. The molecule has 0 radical (unpaired) electrons. The van der Waals surface area contributed by atoms with E-state index in [2.05, 4.69) is 33.7 Å². The van der Waals surface area contributed by atoms with Gasteiger partial charge in [-0.1, -0.05) is 26.7 Å². The van der Waals surface area contributed by atoms with E-state index in [4.69, 9.17) is 5.73 Å². The fourth-order valence-electron chi connectivity index (χ4n) is 2.73. The van der Waals surface area contributed by atoms with Gasteiger partial charge < -0.3 is 10.6 Å². The fraction of sp³-hybridized carbons (Fsp3) is 0.786. The Morgan fingerprint density at radius 3 is 2.42 bits per heavy atom. The lowest BCUT2D eigenvalue weighted by Crippen LogP contribution is -2.26. The van der Waals surface area contributed by atoms with Gasteiger partial charge in [-0.05, 0) is 25.9 Å². The van der Waals surface area contributed by atoms with Crippen molar-refractivity contribution >= 4 is 5.95 Å². The van der Waals surface area contributed by atoms with Crippen LogP contribution in [0.1, 0.15) is 57.1 Å². The molecule has 19 heavy (non-hydrogen) atoms. The average Bonchev–Trinajstić information content (AvgIpc) is 2.93. The van der Waals surface area contributed by atoms with Gasteiger partial charge in [0.15, 0.2) is 0 Å². The molecule has 0 aromatic carbocycles. The maximum absolute atomic E-state index is 5.82. The third-order valence-corrected chi connectivity index (χ3v) is 3.98. The van der Waals surface area contributed by atoms with Crippen molar-refractivity contribution in [1.82, 2.24) is 19.9 Å². The van der Waals surface area contributed by atoms with E-state index in [1.807, 2.05) is 0 Å². The van der Waals surface area contributed by atoms with Crippen LogP contribution in [0.5, 0.6) is 0 Å². The second kappa shape index (κ2) is 6.80. The second-order valence-electron chi connectivity index (χ2n) is 5.23. The topological polar surface area (TPSA) is 67.9 Å². The van der Waals surface area contributed by atoms with E-state index in [1.165, 1.54) is 25.7 Å². The summed E-state index contributed by atoms with van der Waals surface area (Å²) < 4.78 is 0. The van der Waals surface area contributed by atoms with Gasteiger partial charge in [0.1, 0.15) is 11.6 Å². The van der Waals surface area contributed by atoms with Gasteiger partial charge in [-0.25, -0.2) is 4.98 Å². The molecule has 1 fully saturated rings. The van der Waals surface area contributed by atoms with Crippen LogP contribution in [0.3, 0.4) is 0 Å². The normalized spacial score (nSPS) is 16.4. The van der Waals surface area contributed by atoms with Crippen LogP contribution >= 0.6 is 0 Å². The molecule has 1 heterocycles. The Balaban J connectivity index is 2.03. The molecule has 0 saturated heterocycles. The third kappa shape index (κ3) is 3.86. The Kier molecular flexibility index (Phi) is 5.07. The Morgan fingerprint density at radius 2 is 1.79 bits per heavy atom. The molecule has 0 atom stereocenters. The SMILES string of the molecule is CCN(CC)CCc1nc(N)nc(C2CCCC2)n1. The van der Waals surface area contributed by atoms with Gasteiger partial charge in [-0.3, -0.25) is 0 Å². The Labute approximate surface area is 115 Å². The summed E-state index contributed by atoms with van der Waals surface area (Å²) in [5, 5.41) is 0. The van der Waals surface area contributed by atoms with E-state index in [1.54, 1.807) is 0 Å². The molecule has 1 aromatic heterocycles. The van der Waals surface area contributed by atoms with Crippen LogP contribution in [-0.4, -0.2) is 39.5 Å². The number of hydrogen-bond acceptors (Lipinski definition) is 5. The van der Waals surface area contributed by atoms with Crippen molar-refractivity contribution in [2.45, 2.75) is 51.9 Å². The van der Waals surface area contributed by atoms with Crippen molar-refractivity contribution in [2.75, 3.05) is 25.4 Å². The second-order valence-corrected chi connectivity index (χ2v) is 5.23. The molecule has 0 bridgehead atoms. The summed E-state index contributed by atoms with van der Waals surface area (Å²) >= 11 is 0. The molecule has 0 amide bonds. The van der Waals surface area contributed by atoms with Crippen LogP contribution in [0.2, 0.25) is 0 Å². The average molecular weight is 263 g/mol. The Hall–Kier alpha value is -1.23. The molecule has 0 unspecified atom stereocenters. The Bertz CT molecular complexity index is 397. The molecule has 106 valence electrons. The summed E-state index contributed by atoms with van der Waals surface area (Å²) in [6, 6.07) is 0. The minimum atomic E-state index is 0.381. The van der Waals surface area contributed by atoms with Crippen LogP contribution in [0, 0.1) is 0 Å². The van der Waals surface area contributed by atoms with Crippen LogP contribution in [-0.2, 0) is 6.42 Å². The van der Waals surface area contributed by atoms with E-state index < -0.39 is 0 Å². The molecular weight excluding hydrogens is 238 g/mol. The lowest BCUT2D eigenvalue weighted by molar-refractivity contribution is 0.305. The number of likely N-dealkylation sites (N-methyl/N-ethyl adjacent to an activating group) is 1. The molecule has 0 aliphatic heterocycles. The third-order valence-electron chi connectivity index (χ3n) is 3.98. The zero-order valence-electron chi connectivity index (χ0n) is 12.1. The maximum atomic E-state index is 5.82. The maximum Gasteiger partial charge on any atom is 0.223 e.